The molecule has 0 saturated heterocycles. The molecule has 1 aromatic heterocycles. The summed E-state index contributed by atoms with van der Waals surface area (Å²) in [7, 11) is 2.92. The number of thiazole rings is 1. The summed E-state index contributed by atoms with van der Waals surface area (Å²) >= 11 is 1.29. The number of carbonyl (C=O) groups is 1. The molecule has 0 N–H and O–H groups in total. The highest BCUT2D eigenvalue weighted by molar-refractivity contribution is 7.07. The van der Waals surface area contributed by atoms with Crippen molar-refractivity contribution in [1.82, 2.24) is 4.57 Å². The Hall–Kier alpha value is -3.91. The zero-order valence-corrected chi connectivity index (χ0v) is 20.6. The van der Waals surface area contributed by atoms with Crippen molar-refractivity contribution in [2.45, 2.75) is 26.0 Å². The summed E-state index contributed by atoms with van der Waals surface area (Å²) in [5.41, 5.74) is 3.24. The van der Waals surface area contributed by atoms with Crippen LogP contribution in [0.3, 0.4) is 0 Å². The van der Waals surface area contributed by atoms with Gasteiger partial charge in [-0.2, -0.15) is 0 Å². The van der Waals surface area contributed by atoms with E-state index >= 15 is 0 Å². The molecule has 2 aromatic carbocycles. The van der Waals surface area contributed by atoms with Crippen LogP contribution >= 0.6 is 11.3 Å². The van der Waals surface area contributed by atoms with Gasteiger partial charge in [-0.1, -0.05) is 41.7 Å². The second kappa shape index (κ2) is 9.03. The number of allylic oxidation sites excluding steroid dienone is 1. The van der Waals surface area contributed by atoms with Gasteiger partial charge < -0.3 is 14.2 Å². The Labute approximate surface area is 205 Å². The molecule has 3 heterocycles. The lowest BCUT2D eigenvalue weighted by Gasteiger charge is -2.24. The monoisotopic (exact) mass is 488 g/mol. The first-order chi connectivity index (χ1) is 16.9. The molecule has 3 aromatic rings. The highest BCUT2D eigenvalue weighted by Crippen LogP contribution is 2.32. The van der Waals surface area contributed by atoms with E-state index in [9.17, 15) is 9.59 Å². The van der Waals surface area contributed by atoms with Gasteiger partial charge in [-0.3, -0.25) is 9.36 Å². The summed E-state index contributed by atoms with van der Waals surface area (Å²) in [4.78, 5) is 31.6. The third-order valence-electron chi connectivity index (χ3n) is 6.17. The molecule has 5 rings (SSSR count). The van der Waals surface area contributed by atoms with Crippen LogP contribution in [0.2, 0.25) is 0 Å². The van der Waals surface area contributed by atoms with Crippen LogP contribution in [0.15, 0.2) is 75.2 Å². The predicted molar refractivity (Wildman–Crippen MR) is 134 cm³/mol. The number of ether oxygens (including phenoxy) is 3. The van der Waals surface area contributed by atoms with E-state index in [-0.39, 0.29) is 11.7 Å². The molecule has 0 amide bonds. The first-order valence-corrected chi connectivity index (χ1v) is 11.9. The summed E-state index contributed by atoms with van der Waals surface area (Å²) in [6.45, 7) is 3.71. The third-order valence-corrected chi connectivity index (χ3v) is 7.15. The average Bonchev–Trinajstić information content (AvgIpc) is 3.17. The van der Waals surface area contributed by atoms with Gasteiger partial charge in [0.25, 0.3) is 5.56 Å². The van der Waals surface area contributed by atoms with Crippen LogP contribution in [0.1, 0.15) is 31.0 Å². The number of methoxy groups -OCH3 is 2. The number of hydrogen-bond acceptors (Lipinski definition) is 7. The molecule has 178 valence electrons. The van der Waals surface area contributed by atoms with Gasteiger partial charge in [0.1, 0.15) is 17.6 Å². The maximum absolute atomic E-state index is 13.7. The number of nitrogens with zero attached hydrogens (tertiary/aromatic N) is 2. The van der Waals surface area contributed by atoms with E-state index in [0.717, 1.165) is 22.4 Å². The minimum Gasteiger partial charge on any atom is -0.497 e. The summed E-state index contributed by atoms with van der Waals surface area (Å²) < 4.78 is 18.5. The highest BCUT2D eigenvalue weighted by atomic mass is 32.1. The van der Waals surface area contributed by atoms with Crippen LogP contribution in [0.25, 0.3) is 12.2 Å². The van der Waals surface area contributed by atoms with Crippen molar-refractivity contribution in [2.75, 3.05) is 14.2 Å². The molecular weight excluding hydrogens is 464 g/mol. The molecule has 0 spiro atoms. The highest BCUT2D eigenvalue weighted by Gasteiger charge is 2.33. The van der Waals surface area contributed by atoms with E-state index < -0.39 is 12.0 Å². The topological polar surface area (TPSA) is 79.1 Å². The van der Waals surface area contributed by atoms with E-state index in [1.54, 1.807) is 30.7 Å². The fraction of sp³-hybridized carbons (Fsp3) is 0.222. The van der Waals surface area contributed by atoms with Crippen molar-refractivity contribution >= 4 is 29.5 Å². The number of rotatable bonds is 4. The largest absolute Gasteiger partial charge is 0.497 e. The fourth-order valence-corrected chi connectivity index (χ4v) is 5.41. The predicted octanol–water partition coefficient (Wildman–Crippen LogP) is 3.23. The lowest BCUT2D eigenvalue weighted by Crippen LogP contribution is -2.40. The van der Waals surface area contributed by atoms with E-state index in [1.807, 2.05) is 55.5 Å². The van der Waals surface area contributed by atoms with E-state index in [4.69, 9.17) is 14.2 Å². The number of benzene rings is 2. The number of esters is 1. The molecule has 0 saturated carbocycles. The van der Waals surface area contributed by atoms with Gasteiger partial charge in [0.05, 0.1) is 36.1 Å². The molecular formula is C27H24N2O5S. The normalized spacial score (nSPS) is 19.2. The van der Waals surface area contributed by atoms with Gasteiger partial charge in [0, 0.05) is 5.56 Å². The molecule has 0 radical (unpaired) electrons. The van der Waals surface area contributed by atoms with Gasteiger partial charge >= 0.3 is 5.97 Å². The van der Waals surface area contributed by atoms with Crippen molar-refractivity contribution in [3.8, 4) is 11.5 Å². The number of carbonyl (C=O) groups excluding carboxylic acids is 1. The van der Waals surface area contributed by atoms with Crippen molar-refractivity contribution in [3.05, 3.63) is 96.2 Å². The molecule has 2 aliphatic heterocycles. The molecule has 0 aliphatic carbocycles. The van der Waals surface area contributed by atoms with Crippen LogP contribution in [-0.2, 0) is 9.53 Å². The standard InChI is InChI=1S/C27H24N2O5S/c1-15-23(26(31)33-4)24(17-9-11-20(32-3)12-10-17)29-25(30)22(35-27(29)28-15)14-19-13-18-7-5-6-8-21(18)34-16(19)2/h5-14,16,24H,1-4H3/b22-14+. The summed E-state index contributed by atoms with van der Waals surface area (Å²) in [6, 6.07) is 14.4. The molecule has 8 heteroatoms. The number of aromatic nitrogens is 1. The second-order valence-corrected chi connectivity index (χ2v) is 9.30. The molecule has 0 bridgehead atoms. The van der Waals surface area contributed by atoms with Gasteiger partial charge in [-0.05, 0) is 55.3 Å². The van der Waals surface area contributed by atoms with Crippen LogP contribution in [0, 0.1) is 0 Å². The van der Waals surface area contributed by atoms with Crippen LogP contribution in [0.4, 0.5) is 0 Å². The van der Waals surface area contributed by atoms with Crippen molar-refractivity contribution in [1.29, 1.82) is 0 Å². The number of hydrogen-bond donors (Lipinski definition) is 0. The molecule has 2 unspecified atom stereocenters. The van der Waals surface area contributed by atoms with Crippen LogP contribution in [0.5, 0.6) is 11.5 Å². The Morgan fingerprint density at radius 3 is 2.60 bits per heavy atom. The first-order valence-electron chi connectivity index (χ1n) is 11.1. The van der Waals surface area contributed by atoms with Gasteiger partial charge in [-0.25, -0.2) is 9.79 Å². The van der Waals surface area contributed by atoms with Gasteiger partial charge in [0.2, 0.25) is 0 Å². The number of para-hydroxylation sites is 1. The van der Waals surface area contributed by atoms with Crippen molar-refractivity contribution in [2.24, 2.45) is 4.99 Å². The third kappa shape index (κ3) is 4.00. The Balaban J connectivity index is 1.69. The minimum atomic E-state index is -0.665. The SMILES string of the molecule is COC(=O)C1=C(C)N=c2s/c(=C/C3=Cc4ccccc4OC3C)c(=O)n2C1c1ccc(OC)cc1. The Kier molecular flexibility index (Phi) is 5.90. The second-order valence-electron chi connectivity index (χ2n) is 8.29. The minimum absolute atomic E-state index is 0.215. The number of fused-ring (bicyclic) bond motifs is 2. The molecule has 2 aliphatic rings. The van der Waals surface area contributed by atoms with Crippen molar-refractivity contribution < 1.29 is 19.0 Å². The van der Waals surface area contributed by atoms with Crippen LogP contribution < -0.4 is 24.4 Å². The molecule has 35 heavy (non-hydrogen) atoms. The molecule has 0 fully saturated rings. The van der Waals surface area contributed by atoms with E-state index in [1.165, 1.54) is 18.4 Å². The van der Waals surface area contributed by atoms with Crippen LogP contribution in [-0.4, -0.2) is 30.9 Å². The summed E-state index contributed by atoms with van der Waals surface area (Å²) in [5.74, 6) is 0.978. The zero-order chi connectivity index (χ0) is 24.7. The fourth-order valence-electron chi connectivity index (χ4n) is 4.37. The summed E-state index contributed by atoms with van der Waals surface area (Å²) in [6.07, 6.45) is 3.67. The quantitative estimate of drug-likeness (QED) is 0.527. The lowest BCUT2D eigenvalue weighted by atomic mass is 9.96. The Bertz CT molecular complexity index is 1560. The van der Waals surface area contributed by atoms with Crippen molar-refractivity contribution in [3.63, 3.8) is 0 Å². The lowest BCUT2D eigenvalue weighted by molar-refractivity contribution is -0.136. The zero-order valence-electron chi connectivity index (χ0n) is 19.8. The van der Waals surface area contributed by atoms with E-state index in [0.29, 0.717) is 26.4 Å². The maximum atomic E-state index is 13.7. The van der Waals surface area contributed by atoms with E-state index in [2.05, 4.69) is 4.99 Å². The maximum Gasteiger partial charge on any atom is 0.338 e. The smallest absolute Gasteiger partial charge is 0.338 e. The average molecular weight is 489 g/mol. The molecule has 2 atom stereocenters. The Morgan fingerprint density at radius 2 is 1.89 bits per heavy atom. The Morgan fingerprint density at radius 1 is 1.14 bits per heavy atom. The summed E-state index contributed by atoms with van der Waals surface area (Å²) in [5, 5.41) is 0. The first kappa shape index (κ1) is 22.9. The molecule has 7 nitrogen and oxygen atoms in total. The van der Waals surface area contributed by atoms with Gasteiger partial charge in [-0.15, -0.1) is 0 Å². The van der Waals surface area contributed by atoms with Gasteiger partial charge in [0.15, 0.2) is 4.80 Å².